The summed E-state index contributed by atoms with van der Waals surface area (Å²) < 4.78 is 7.12. The molecule has 0 aliphatic rings. The van der Waals surface area contributed by atoms with Gasteiger partial charge in [0.2, 0.25) is 0 Å². The molecule has 1 aromatic rings. The number of ether oxygens (including phenoxy) is 1. The molecule has 1 unspecified atom stereocenters. The van der Waals surface area contributed by atoms with E-state index < -0.39 is 5.54 Å². The monoisotopic (exact) mass is 295 g/mol. The summed E-state index contributed by atoms with van der Waals surface area (Å²) in [5, 5.41) is 3.32. The number of imidazole rings is 1. The molecule has 5 nitrogen and oxygen atoms in total. The van der Waals surface area contributed by atoms with E-state index in [9.17, 15) is 4.79 Å². The van der Waals surface area contributed by atoms with Gasteiger partial charge in [-0.3, -0.25) is 4.79 Å². The standard InChI is InChI=1S/C16H29N3O2/c1-5-10-18-16(3,15(20)21-4)9-7-8-12-19-13-11-17-14(19)6-2/h11,13,18H,5-10,12H2,1-4H3. The number of methoxy groups -OCH3 is 1. The summed E-state index contributed by atoms with van der Waals surface area (Å²) in [6, 6.07) is 0. The van der Waals surface area contributed by atoms with Gasteiger partial charge >= 0.3 is 5.97 Å². The van der Waals surface area contributed by atoms with Crippen molar-refractivity contribution >= 4 is 5.97 Å². The Hall–Kier alpha value is -1.36. The molecule has 0 radical (unpaired) electrons. The molecule has 120 valence electrons. The maximum atomic E-state index is 12.0. The van der Waals surface area contributed by atoms with Crippen molar-refractivity contribution in [3.05, 3.63) is 18.2 Å². The molecule has 0 aliphatic carbocycles. The van der Waals surface area contributed by atoms with Gasteiger partial charge in [0.25, 0.3) is 0 Å². The molecule has 0 aromatic carbocycles. The highest BCUT2D eigenvalue weighted by Gasteiger charge is 2.32. The van der Waals surface area contributed by atoms with Crippen molar-refractivity contribution < 1.29 is 9.53 Å². The van der Waals surface area contributed by atoms with Crippen LogP contribution in [0.25, 0.3) is 0 Å². The molecule has 21 heavy (non-hydrogen) atoms. The molecule has 0 spiro atoms. The molecular formula is C16H29N3O2. The van der Waals surface area contributed by atoms with Crippen molar-refractivity contribution in [3.63, 3.8) is 0 Å². The minimum atomic E-state index is -0.576. The third-order valence-corrected chi connectivity index (χ3v) is 3.84. The average Bonchev–Trinajstić information content (AvgIpc) is 2.96. The molecule has 1 atom stereocenters. The Morgan fingerprint density at radius 2 is 2.19 bits per heavy atom. The smallest absolute Gasteiger partial charge is 0.325 e. The Bertz CT molecular complexity index is 431. The van der Waals surface area contributed by atoms with Crippen molar-refractivity contribution in [2.45, 2.75) is 65.0 Å². The van der Waals surface area contributed by atoms with Crippen LogP contribution < -0.4 is 5.32 Å². The van der Waals surface area contributed by atoms with Gasteiger partial charge in [0.1, 0.15) is 11.4 Å². The van der Waals surface area contributed by atoms with E-state index >= 15 is 0 Å². The van der Waals surface area contributed by atoms with Crippen LogP contribution in [0.3, 0.4) is 0 Å². The van der Waals surface area contributed by atoms with Gasteiger partial charge in [-0.05, 0) is 39.2 Å². The highest BCUT2D eigenvalue weighted by atomic mass is 16.5. The van der Waals surface area contributed by atoms with Crippen molar-refractivity contribution in [1.82, 2.24) is 14.9 Å². The Balaban J connectivity index is 2.44. The molecule has 0 saturated carbocycles. The number of esters is 1. The first-order valence-corrected chi connectivity index (χ1v) is 7.90. The van der Waals surface area contributed by atoms with Crippen LogP contribution in [0.1, 0.15) is 52.3 Å². The molecule has 1 N–H and O–H groups in total. The summed E-state index contributed by atoms with van der Waals surface area (Å²) in [5.74, 6) is 0.947. The lowest BCUT2D eigenvalue weighted by Gasteiger charge is -2.28. The molecule has 5 heteroatoms. The van der Waals surface area contributed by atoms with Gasteiger partial charge in [-0.2, -0.15) is 0 Å². The number of aromatic nitrogens is 2. The third kappa shape index (κ3) is 5.16. The lowest BCUT2D eigenvalue weighted by Crippen LogP contribution is -2.50. The first-order valence-electron chi connectivity index (χ1n) is 7.90. The third-order valence-electron chi connectivity index (χ3n) is 3.84. The second-order valence-corrected chi connectivity index (χ2v) is 5.60. The molecule has 1 heterocycles. The van der Waals surface area contributed by atoms with E-state index in [4.69, 9.17) is 4.74 Å². The van der Waals surface area contributed by atoms with Gasteiger partial charge in [0.05, 0.1) is 7.11 Å². The number of carbonyl (C=O) groups excluding carboxylic acids is 1. The fraction of sp³-hybridized carbons (Fsp3) is 0.750. The number of rotatable bonds is 10. The van der Waals surface area contributed by atoms with Crippen LogP contribution in [0.5, 0.6) is 0 Å². The minimum absolute atomic E-state index is 0.173. The lowest BCUT2D eigenvalue weighted by atomic mass is 9.94. The first kappa shape index (κ1) is 17.7. The van der Waals surface area contributed by atoms with E-state index in [0.717, 1.165) is 51.0 Å². The van der Waals surface area contributed by atoms with Gasteiger partial charge in [0, 0.05) is 25.4 Å². The minimum Gasteiger partial charge on any atom is -0.468 e. The summed E-state index contributed by atoms with van der Waals surface area (Å²) in [7, 11) is 1.45. The van der Waals surface area contributed by atoms with E-state index in [0.29, 0.717) is 0 Å². The van der Waals surface area contributed by atoms with E-state index in [2.05, 4.69) is 28.7 Å². The summed E-state index contributed by atoms with van der Waals surface area (Å²) >= 11 is 0. The highest BCUT2D eigenvalue weighted by Crippen LogP contribution is 2.17. The highest BCUT2D eigenvalue weighted by molar-refractivity contribution is 5.80. The predicted octanol–water partition coefficient (Wildman–Crippen LogP) is 2.55. The maximum absolute atomic E-state index is 12.0. The Kier molecular flexibility index (Phi) is 7.43. The molecule has 1 aromatic heterocycles. The molecule has 0 amide bonds. The molecule has 0 fully saturated rings. The molecule has 0 aliphatic heterocycles. The van der Waals surface area contributed by atoms with E-state index in [-0.39, 0.29) is 5.97 Å². The van der Waals surface area contributed by atoms with Gasteiger partial charge in [-0.25, -0.2) is 4.98 Å². The van der Waals surface area contributed by atoms with Crippen LogP contribution in [-0.4, -0.2) is 34.7 Å². The van der Waals surface area contributed by atoms with Crippen LogP contribution >= 0.6 is 0 Å². The van der Waals surface area contributed by atoms with Crippen LogP contribution in [0.2, 0.25) is 0 Å². The fourth-order valence-corrected chi connectivity index (χ4v) is 2.51. The van der Waals surface area contributed by atoms with E-state index in [1.165, 1.54) is 7.11 Å². The quantitative estimate of drug-likeness (QED) is 0.532. The average molecular weight is 295 g/mol. The number of hydrogen-bond acceptors (Lipinski definition) is 4. The lowest BCUT2D eigenvalue weighted by molar-refractivity contribution is -0.148. The van der Waals surface area contributed by atoms with Crippen LogP contribution in [0.4, 0.5) is 0 Å². The Labute approximate surface area is 128 Å². The maximum Gasteiger partial charge on any atom is 0.325 e. The van der Waals surface area contributed by atoms with Crippen molar-refractivity contribution in [1.29, 1.82) is 0 Å². The molecule has 0 saturated heterocycles. The van der Waals surface area contributed by atoms with Crippen LogP contribution in [0.15, 0.2) is 12.4 Å². The molecular weight excluding hydrogens is 266 g/mol. The van der Waals surface area contributed by atoms with E-state index in [1.807, 2.05) is 19.3 Å². The summed E-state index contributed by atoms with van der Waals surface area (Å²) in [5.41, 5.74) is -0.576. The second kappa shape index (κ2) is 8.82. The Morgan fingerprint density at radius 3 is 2.81 bits per heavy atom. The SMILES string of the molecule is CCCNC(C)(CCCCn1ccnc1CC)C(=O)OC. The summed E-state index contributed by atoms with van der Waals surface area (Å²) in [4.78, 5) is 16.3. The van der Waals surface area contributed by atoms with Crippen molar-refractivity contribution in [3.8, 4) is 0 Å². The fourth-order valence-electron chi connectivity index (χ4n) is 2.51. The molecule has 0 bridgehead atoms. The van der Waals surface area contributed by atoms with Crippen molar-refractivity contribution in [2.24, 2.45) is 0 Å². The zero-order valence-corrected chi connectivity index (χ0v) is 13.8. The van der Waals surface area contributed by atoms with Crippen LogP contribution in [-0.2, 0) is 22.5 Å². The van der Waals surface area contributed by atoms with E-state index in [1.54, 1.807) is 0 Å². The predicted molar refractivity (Wildman–Crippen MR) is 84.2 cm³/mol. The first-order chi connectivity index (χ1) is 10.1. The number of nitrogens with zero attached hydrogens (tertiary/aromatic N) is 2. The topological polar surface area (TPSA) is 56.2 Å². The normalized spacial score (nSPS) is 13.9. The van der Waals surface area contributed by atoms with Crippen LogP contribution in [0, 0.1) is 0 Å². The largest absolute Gasteiger partial charge is 0.468 e. The van der Waals surface area contributed by atoms with Gasteiger partial charge in [-0.15, -0.1) is 0 Å². The number of carbonyl (C=O) groups is 1. The number of aryl methyl sites for hydroxylation is 2. The number of unbranched alkanes of at least 4 members (excludes halogenated alkanes) is 1. The van der Waals surface area contributed by atoms with Gasteiger partial charge in [0.15, 0.2) is 0 Å². The van der Waals surface area contributed by atoms with Crippen molar-refractivity contribution in [2.75, 3.05) is 13.7 Å². The Morgan fingerprint density at radius 1 is 1.43 bits per heavy atom. The zero-order chi connectivity index (χ0) is 15.7. The van der Waals surface area contributed by atoms with Gasteiger partial charge < -0.3 is 14.6 Å². The second-order valence-electron chi connectivity index (χ2n) is 5.60. The zero-order valence-electron chi connectivity index (χ0n) is 13.8. The van der Waals surface area contributed by atoms with Gasteiger partial charge in [-0.1, -0.05) is 13.8 Å². The number of hydrogen-bond donors (Lipinski definition) is 1. The summed E-state index contributed by atoms with van der Waals surface area (Å²) in [6.45, 7) is 7.92. The molecule has 1 rings (SSSR count). The summed E-state index contributed by atoms with van der Waals surface area (Å²) in [6.07, 6.45) is 8.61. The number of nitrogens with one attached hydrogen (secondary N) is 1.